The first-order valence-corrected chi connectivity index (χ1v) is 6.53. The number of aryl methyl sites for hydroxylation is 1. The second-order valence-corrected chi connectivity index (χ2v) is 4.70. The van der Waals surface area contributed by atoms with Crippen LogP contribution in [0.15, 0.2) is 12.1 Å². The van der Waals surface area contributed by atoms with Crippen molar-refractivity contribution in [1.29, 1.82) is 0 Å². The van der Waals surface area contributed by atoms with Gasteiger partial charge in [-0.3, -0.25) is 0 Å². The molecule has 1 aliphatic rings. The van der Waals surface area contributed by atoms with Crippen molar-refractivity contribution in [2.75, 3.05) is 6.61 Å². The highest BCUT2D eigenvalue weighted by atomic mass is 17.2. The second kappa shape index (κ2) is 6.86. The van der Waals surface area contributed by atoms with Crippen LogP contribution in [0.25, 0.3) is 0 Å². The molecule has 5 heteroatoms. The van der Waals surface area contributed by atoms with Gasteiger partial charge in [0.25, 0.3) is 0 Å². The van der Waals surface area contributed by atoms with Crippen molar-refractivity contribution in [3.8, 4) is 5.75 Å². The maximum absolute atomic E-state index is 9.35. The number of rotatable bonds is 5. The Morgan fingerprint density at radius 2 is 1.89 bits per heavy atom. The van der Waals surface area contributed by atoms with Gasteiger partial charge >= 0.3 is 0 Å². The smallest absolute Gasteiger partial charge is 0.202 e. The summed E-state index contributed by atoms with van der Waals surface area (Å²) in [5, 5.41) is 18.7. The lowest BCUT2D eigenvalue weighted by Crippen LogP contribution is -2.24. The van der Waals surface area contributed by atoms with Crippen molar-refractivity contribution >= 4 is 0 Å². The molecule has 1 saturated heterocycles. The molecule has 0 bridgehead atoms. The summed E-state index contributed by atoms with van der Waals surface area (Å²) in [7, 11) is 0. The molecule has 0 spiro atoms. The molecule has 0 amide bonds. The third-order valence-corrected chi connectivity index (χ3v) is 3.10. The van der Waals surface area contributed by atoms with E-state index in [4.69, 9.17) is 14.5 Å². The molecule has 1 aliphatic heterocycles. The van der Waals surface area contributed by atoms with Crippen LogP contribution < -0.4 is 4.89 Å². The quantitative estimate of drug-likeness (QED) is 0.629. The van der Waals surface area contributed by atoms with Gasteiger partial charge in [-0.2, -0.15) is 4.89 Å². The highest BCUT2D eigenvalue weighted by molar-refractivity contribution is 5.43. The van der Waals surface area contributed by atoms with Crippen LogP contribution >= 0.6 is 0 Å². The minimum absolute atomic E-state index is 0.168. The Morgan fingerprint density at radius 1 is 1.21 bits per heavy atom. The van der Waals surface area contributed by atoms with Gasteiger partial charge in [0.05, 0.1) is 13.2 Å². The predicted molar refractivity (Wildman–Crippen MR) is 68.3 cm³/mol. The molecule has 0 aliphatic carbocycles. The Morgan fingerprint density at radius 3 is 2.42 bits per heavy atom. The average molecular weight is 268 g/mol. The molecule has 1 atom stereocenters. The van der Waals surface area contributed by atoms with Gasteiger partial charge in [-0.05, 0) is 31.9 Å². The highest BCUT2D eigenvalue weighted by Gasteiger charge is 2.18. The van der Waals surface area contributed by atoms with Gasteiger partial charge in [0.2, 0.25) is 6.29 Å². The number of hydrogen-bond acceptors (Lipinski definition) is 5. The summed E-state index contributed by atoms with van der Waals surface area (Å²) < 4.78 is 5.40. The Balaban J connectivity index is 2.09. The molecule has 0 radical (unpaired) electrons. The first kappa shape index (κ1) is 14.3. The van der Waals surface area contributed by atoms with Crippen molar-refractivity contribution < 1.29 is 24.7 Å². The number of ether oxygens (including phenoxy) is 1. The molecule has 1 aromatic carbocycles. The molecule has 106 valence electrons. The average Bonchev–Trinajstić information content (AvgIpc) is 2.46. The normalized spacial score (nSPS) is 19.4. The minimum atomic E-state index is -0.381. The summed E-state index contributed by atoms with van der Waals surface area (Å²) in [5.74, 6) is 0.379. The van der Waals surface area contributed by atoms with Crippen LogP contribution in [0, 0.1) is 6.92 Å². The number of hydrogen-bond donors (Lipinski definition) is 2. The zero-order valence-corrected chi connectivity index (χ0v) is 11.1. The molecule has 0 aromatic heterocycles. The van der Waals surface area contributed by atoms with Gasteiger partial charge in [-0.1, -0.05) is 5.56 Å². The summed E-state index contributed by atoms with van der Waals surface area (Å²) in [6.45, 7) is 2.23. The van der Waals surface area contributed by atoms with E-state index in [-0.39, 0.29) is 19.5 Å². The first-order valence-electron chi connectivity index (χ1n) is 6.53. The Hall–Kier alpha value is -1.14. The van der Waals surface area contributed by atoms with Crippen LogP contribution in [0.5, 0.6) is 5.75 Å². The van der Waals surface area contributed by atoms with Crippen molar-refractivity contribution in [2.24, 2.45) is 0 Å². The zero-order valence-electron chi connectivity index (χ0n) is 11.1. The molecular weight excluding hydrogens is 248 g/mol. The number of aliphatic hydroxyl groups is 2. The summed E-state index contributed by atoms with van der Waals surface area (Å²) >= 11 is 0. The molecule has 2 rings (SSSR count). The van der Waals surface area contributed by atoms with Gasteiger partial charge < -0.3 is 19.8 Å². The largest absolute Gasteiger partial charge is 0.392 e. The van der Waals surface area contributed by atoms with E-state index in [1.54, 1.807) is 12.1 Å². The molecule has 5 nitrogen and oxygen atoms in total. The monoisotopic (exact) mass is 268 g/mol. The Bertz CT molecular complexity index is 387. The van der Waals surface area contributed by atoms with Crippen molar-refractivity contribution in [2.45, 2.75) is 45.7 Å². The van der Waals surface area contributed by atoms with Crippen LogP contribution in [-0.4, -0.2) is 23.1 Å². The Labute approximate surface area is 112 Å². The van der Waals surface area contributed by atoms with Crippen molar-refractivity contribution in [3.63, 3.8) is 0 Å². The lowest BCUT2D eigenvalue weighted by molar-refractivity contribution is -0.327. The van der Waals surface area contributed by atoms with Crippen LogP contribution in [0.1, 0.15) is 36.0 Å². The summed E-state index contributed by atoms with van der Waals surface area (Å²) in [6.07, 6.45) is 2.48. The van der Waals surface area contributed by atoms with E-state index in [0.717, 1.165) is 24.8 Å². The van der Waals surface area contributed by atoms with Crippen LogP contribution in [0.3, 0.4) is 0 Å². The molecule has 1 aromatic rings. The Kier molecular flexibility index (Phi) is 5.15. The predicted octanol–water partition coefficient (Wildman–Crippen LogP) is 1.82. The molecule has 0 saturated carbocycles. The van der Waals surface area contributed by atoms with Gasteiger partial charge in [0.1, 0.15) is 0 Å². The van der Waals surface area contributed by atoms with E-state index in [9.17, 15) is 10.2 Å². The van der Waals surface area contributed by atoms with Crippen LogP contribution in [-0.2, 0) is 22.8 Å². The fraction of sp³-hybridized carbons (Fsp3) is 0.571. The van der Waals surface area contributed by atoms with Gasteiger partial charge in [-0.15, -0.1) is 0 Å². The fourth-order valence-corrected chi connectivity index (χ4v) is 2.16. The third-order valence-electron chi connectivity index (χ3n) is 3.10. The third kappa shape index (κ3) is 3.67. The number of aliphatic hydroxyl groups excluding tert-OH is 2. The number of benzene rings is 1. The van der Waals surface area contributed by atoms with Gasteiger partial charge in [-0.25, -0.2) is 0 Å². The summed E-state index contributed by atoms with van der Waals surface area (Å²) in [5.41, 5.74) is 2.15. The molecule has 1 unspecified atom stereocenters. The first-order chi connectivity index (χ1) is 9.24. The molecule has 2 N–H and O–H groups in total. The van der Waals surface area contributed by atoms with E-state index in [2.05, 4.69) is 0 Å². The van der Waals surface area contributed by atoms with Crippen molar-refractivity contribution in [3.05, 3.63) is 28.8 Å². The highest BCUT2D eigenvalue weighted by Crippen LogP contribution is 2.27. The minimum Gasteiger partial charge on any atom is -0.392 e. The van der Waals surface area contributed by atoms with E-state index >= 15 is 0 Å². The van der Waals surface area contributed by atoms with Crippen LogP contribution in [0.2, 0.25) is 0 Å². The maximum atomic E-state index is 9.35. The summed E-state index contributed by atoms with van der Waals surface area (Å²) in [6, 6.07) is 3.61. The molecule has 1 fully saturated rings. The molecular formula is C14H20O5. The van der Waals surface area contributed by atoms with E-state index in [0.29, 0.717) is 23.5 Å². The standard InChI is InChI=1S/C14H20O5/c1-10-6-11(8-15)14(12(7-10)9-16)19-18-13-4-2-3-5-17-13/h6-7,13,15-16H,2-5,8-9H2,1H3. The lowest BCUT2D eigenvalue weighted by atomic mass is 10.1. The topological polar surface area (TPSA) is 68.2 Å². The zero-order chi connectivity index (χ0) is 13.7. The molecule has 19 heavy (non-hydrogen) atoms. The van der Waals surface area contributed by atoms with Gasteiger partial charge in [0.15, 0.2) is 5.75 Å². The fourth-order valence-electron chi connectivity index (χ4n) is 2.16. The van der Waals surface area contributed by atoms with Gasteiger partial charge in [0, 0.05) is 24.2 Å². The molecule has 1 heterocycles. The van der Waals surface area contributed by atoms with E-state index in [1.165, 1.54) is 0 Å². The maximum Gasteiger partial charge on any atom is 0.202 e. The SMILES string of the molecule is Cc1cc(CO)c(OOC2CCCCO2)c(CO)c1. The lowest BCUT2D eigenvalue weighted by Gasteiger charge is -2.22. The summed E-state index contributed by atoms with van der Waals surface area (Å²) in [4.78, 5) is 10.5. The van der Waals surface area contributed by atoms with E-state index < -0.39 is 0 Å². The van der Waals surface area contributed by atoms with Crippen LogP contribution in [0.4, 0.5) is 0 Å². The second-order valence-electron chi connectivity index (χ2n) is 4.70. The van der Waals surface area contributed by atoms with E-state index in [1.807, 2.05) is 6.92 Å². The van der Waals surface area contributed by atoms with Crippen molar-refractivity contribution in [1.82, 2.24) is 0 Å².